The zero-order valence-electron chi connectivity index (χ0n) is 11.1. The first-order valence-electron chi connectivity index (χ1n) is 6.49. The van der Waals surface area contributed by atoms with Gasteiger partial charge in [-0.2, -0.15) is 0 Å². The second kappa shape index (κ2) is 5.46. The van der Waals surface area contributed by atoms with Gasteiger partial charge in [0.25, 0.3) is 0 Å². The van der Waals surface area contributed by atoms with E-state index in [0.29, 0.717) is 5.11 Å². The van der Waals surface area contributed by atoms with E-state index in [0.717, 1.165) is 16.5 Å². The molecule has 0 aliphatic carbocycles. The van der Waals surface area contributed by atoms with E-state index in [-0.39, 0.29) is 11.8 Å². The molecule has 1 atom stereocenters. The van der Waals surface area contributed by atoms with Crippen LogP contribution in [0.5, 0.6) is 0 Å². The number of fused-ring (bicyclic) bond motifs is 1. The number of hydrogen-bond donors (Lipinski definition) is 2. The van der Waals surface area contributed by atoms with Gasteiger partial charge in [0.1, 0.15) is 0 Å². The van der Waals surface area contributed by atoms with Gasteiger partial charge >= 0.3 is 0 Å². The Morgan fingerprint density at radius 1 is 1.14 bits per heavy atom. The van der Waals surface area contributed by atoms with Crippen LogP contribution in [0.4, 0.5) is 5.69 Å². The van der Waals surface area contributed by atoms with Crippen molar-refractivity contribution in [1.82, 2.24) is 5.32 Å². The second-order valence-electron chi connectivity index (χ2n) is 4.92. The van der Waals surface area contributed by atoms with Gasteiger partial charge in [-0.25, -0.2) is 8.42 Å². The molecule has 0 saturated heterocycles. The van der Waals surface area contributed by atoms with E-state index < -0.39 is 9.84 Å². The maximum Gasteiger partial charge on any atom is 0.173 e. The molecule has 21 heavy (non-hydrogen) atoms. The van der Waals surface area contributed by atoms with Crippen molar-refractivity contribution in [3.8, 4) is 0 Å². The molecule has 0 saturated carbocycles. The summed E-state index contributed by atoms with van der Waals surface area (Å²) in [5.74, 6) is 0.0482. The fraction of sp³-hybridized carbons (Fsp3) is 0.133. The number of benzene rings is 2. The highest BCUT2D eigenvalue weighted by atomic mass is 32.2. The van der Waals surface area contributed by atoms with Gasteiger partial charge in [-0.1, -0.05) is 30.3 Å². The average Bonchev–Trinajstić information content (AvgIpc) is 2.77. The van der Waals surface area contributed by atoms with Crippen LogP contribution in [0.3, 0.4) is 0 Å². The van der Waals surface area contributed by atoms with Crippen LogP contribution in [0.1, 0.15) is 0 Å². The summed E-state index contributed by atoms with van der Waals surface area (Å²) >= 11 is 5.22. The molecular weight excluding hydrogens is 304 g/mol. The van der Waals surface area contributed by atoms with Gasteiger partial charge in [-0.3, -0.25) is 0 Å². The van der Waals surface area contributed by atoms with Crippen LogP contribution in [-0.4, -0.2) is 25.3 Å². The van der Waals surface area contributed by atoms with Crippen LogP contribution in [0.25, 0.3) is 10.8 Å². The zero-order valence-corrected chi connectivity index (χ0v) is 12.7. The SMILES string of the molecule is O=S1(=O)C=CC(NC(=S)Nc2ccc3ccccc3c2)C1. The van der Waals surface area contributed by atoms with Crippen molar-refractivity contribution in [2.75, 3.05) is 11.1 Å². The topological polar surface area (TPSA) is 58.2 Å². The first kappa shape index (κ1) is 14.0. The monoisotopic (exact) mass is 318 g/mol. The normalized spacial score (nSPS) is 19.5. The van der Waals surface area contributed by atoms with Gasteiger partial charge in [0.2, 0.25) is 0 Å². The molecule has 2 N–H and O–H groups in total. The number of hydrogen-bond acceptors (Lipinski definition) is 3. The van der Waals surface area contributed by atoms with Gasteiger partial charge in [0.15, 0.2) is 14.9 Å². The molecule has 6 heteroatoms. The standard InChI is InChI=1S/C15H14N2O2S2/c18-21(19)8-7-14(10-21)17-15(20)16-13-6-5-11-3-1-2-4-12(11)9-13/h1-9,14H,10H2,(H2,16,17,20). The molecule has 1 aliphatic rings. The highest BCUT2D eigenvalue weighted by Crippen LogP contribution is 2.18. The van der Waals surface area contributed by atoms with Crippen LogP contribution < -0.4 is 10.6 Å². The number of nitrogens with one attached hydrogen (secondary N) is 2. The van der Waals surface area contributed by atoms with E-state index in [9.17, 15) is 8.42 Å². The summed E-state index contributed by atoms with van der Waals surface area (Å²) in [5, 5.41) is 9.98. The Hall–Kier alpha value is -1.92. The first-order chi connectivity index (χ1) is 10.0. The second-order valence-corrected chi connectivity index (χ2v) is 7.26. The Labute approximate surface area is 128 Å². The summed E-state index contributed by atoms with van der Waals surface area (Å²) < 4.78 is 22.7. The predicted molar refractivity (Wildman–Crippen MR) is 90.0 cm³/mol. The Balaban J connectivity index is 1.68. The van der Waals surface area contributed by atoms with Crippen LogP contribution in [0.15, 0.2) is 53.9 Å². The smallest absolute Gasteiger partial charge is 0.173 e. The number of rotatable bonds is 2. The lowest BCUT2D eigenvalue weighted by molar-refractivity contribution is 0.603. The lowest BCUT2D eigenvalue weighted by atomic mass is 10.1. The molecule has 0 radical (unpaired) electrons. The molecule has 4 nitrogen and oxygen atoms in total. The van der Waals surface area contributed by atoms with Crippen molar-refractivity contribution in [3.05, 3.63) is 53.9 Å². The highest BCUT2D eigenvalue weighted by Gasteiger charge is 2.21. The maximum atomic E-state index is 11.3. The van der Waals surface area contributed by atoms with Crippen LogP contribution in [-0.2, 0) is 9.84 Å². The molecule has 3 rings (SSSR count). The van der Waals surface area contributed by atoms with Crippen LogP contribution in [0.2, 0.25) is 0 Å². The molecule has 1 aliphatic heterocycles. The van der Waals surface area contributed by atoms with E-state index in [1.807, 2.05) is 42.5 Å². The highest BCUT2D eigenvalue weighted by molar-refractivity contribution is 7.94. The van der Waals surface area contributed by atoms with Gasteiger partial charge < -0.3 is 10.6 Å². The van der Waals surface area contributed by atoms with E-state index in [1.54, 1.807) is 6.08 Å². The van der Waals surface area contributed by atoms with Crippen LogP contribution in [0, 0.1) is 0 Å². The van der Waals surface area contributed by atoms with E-state index in [2.05, 4.69) is 10.6 Å². The quantitative estimate of drug-likeness (QED) is 0.833. The molecule has 108 valence electrons. The van der Waals surface area contributed by atoms with E-state index in [1.165, 1.54) is 5.41 Å². The molecule has 0 bridgehead atoms. The van der Waals surface area contributed by atoms with Crippen molar-refractivity contribution in [1.29, 1.82) is 0 Å². The first-order valence-corrected chi connectivity index (χ1v) is 8.61. The molecular formula is C15H14N2O2S2. The summed E-state index contributed by atoms with van der Waals surface area (Å²) in [5.41, 5.74) is 0.871. The summed E-state index contributed by atoms with van der Waals surface area (Å²) in [6, 6.07) is 13.7. The lowest BCUT2D eigenvalue weighted by Gasteiger charge is -2.14. The van der Waals surface area contributed by atoms with Gasteiger partial charge in [-0.05, 0) is 41.2 Å². The summed E-state index contributed by atoms with van der Waals surface area (Å²) in [6.07, 6.45) is 1.61. The number of thiocarbonyl (C=S) groups is 1. The lowest BCUT2D eigenvalue weighted by Crippen LogP contribution is -2.38. The predicted octanol–water partition coefficient (Wildman–Crippen LogP) is 2.44. The third kappa shape index (κ3) is 3.40. The van der Waals surface area contributed by atoms with Crippen molar-refractivity contribution >= 4 is 43.6 Å². The number of anilines is 1. The molecule has 0 amide bonds. The Bertz CT molecular complexity index is 828. The van der Waals surface area contributed by atoms with Gasteiger partial charge in [0, 0.05) is 11.1 Å². The van der Waals surface area contributed by atoms with Crippen molar-refractivity contribution < 1.29 is 8.42 Å². The fourth-order valence-electron chi connectivity index (χ4n) is 2.27. The van der Waals surface area contributed by atoms with Gasteiger partial charge in [-0.15, -0.1) is 0 Å². The third-order valence-corrected chi connectivity index (χ3v) is 4.87. The Morgan fingerprint density at radius 3 is 2.62 bits per heavy atom. The summed E-state index contributed by atoms with van der Waals surface area (Å²) in [4.78, 5) is 0. The minimum Gasteiger partial charge on any atom is -0.355 e. The van der Waals surface area contributed by atoms with Crippen molar-refractivity contribution in [2.24, 2.45) is 0 Å². The van der Waals surface area contributed by atoms with Crippen molar-refractivity contribution in [3.63, 3.8) is 0 Å². The number of sulfone groups is 1. The molecule has 0 spiro atoms. The zero-order chi connectivity index (χ0) is 14.9. The Kier molecular flexibility index (Phi) is 3.65. The van der Waals surface area contributed by atoms with Crippen LogP contribution >= 0.6 is 12.2 Å². The molecule has 1 heterocycles. The van der Waals surface area contributed by atoms with Crippen molar-refractivity contribution in [2.45, 2.75) is 6.04 Å². The molecule has 1 unspecified atom stereocenters. The van der Waals surface area contributed by atoms with E-state index in [4.69, 9.17) is 12.2 Å². The minimum absolute atomic E-state index is 0.0482. The maximum absolute atomic E-state index is 11.3. The fourth-order valence-corrected chi connectivity index (χ4v) is 3.77. The van der Waals surface area contributed by atoms with Gasteiger partial charge in [0.05, 0.1) is 11.8 Å². The van der Waals surface area contributed by atoms with E-state index >= 15 is 0 Å². The molecule has 2 aromatic rings. The minimum atomic E-state index is -3.07. The Morgan fingerprint density at radius 2 is 1.90 bits per heavy atom. The summed E-state index contributed by atoms with van der Waals surface area (Å²) in [6.45, 7) is 0. The molecule has 0 fully saturated rings. The molecule has 2 aromatic carbocycles. The largest absolute Gasteiger partial charge is 0.355 e. The average molecular weight is 318 g/mol. The summed E-state index contributed by atoms with van der Waals surface area (Å²) in [7, 11) is -3.07. The molecule has 0 aromatic heterocycles. The third-order valence-electron chi connectivity index (χ3n) is 3.25.